The van der Waals surface area contributed by atoms with Crippen molar-refractivity contribution in [2.75, 3.05) is 18.6 Å². The third-order valence-corrected chi connectivity index (χ3v) is 4.28. The lowest BCUT2D eigenvalue weighted by molar-refractivity contribution is -0.121. The summed E-state index contributed by atoms with van der Waals surface area (Å²) >= 11 is 0. The number of benzene rings is 1. The maximum absolute atomic E-state index is 12.6. The standard InChI is InChI=1S/C21H22N4O3/c1-15(2)20-17(13-23-25(20)18-11-7-8-12-22-18)21(27)28-14-19(26)24(3)16-9-5-4-6-10-16/h4-13,15H,14H2,1-3H3. The summed E-state index contributed by atoms with van der Waals surface area (Å²) in [7, 11) is 1.64. The van der Waals surface area contributed by atoms with Gasteiger partial charge in [0.25, 0.3) is 5.91 Å². The van der Waals surface area contributed by atoms with E-state index in [1.807, 2.05) is 62.4 Å². The number of anilines is 1. The maximum Gasteiger partial charge on any atom is 0.342 e. The first-order valence-corrected chi connectivity index (χ1v) is 8.97. The van der Waals surface area contributed by atoms with Crippen molar-refractivity contribution in [2.45, 2.75) is 19.8 Å². The molecule has 0 bridgehead atoms. The number of rotatable bonds is 6. The van der Waals surface area contributed by atoms with Gasteiger partial charge >= 0.3 is 5.97 Å². The minimum absolute atomic E-state index is 0.00903. The van der Waals surface area contributed by atoms with Crippen molar-refractivity contribution in [1.29, 1.82) is 0 Å². The van der Waals surface area contributed by atoms with Crippen LogP contribution in [0.3, 0.4) is 0 Å². The normalized spacial score (nSPS) is 10.7. The molecule has 2 aromatic heterocycles. The highest BCUT2D eigenvalue weighted by Gasteiger charge is 2.23. The molecule has 7 nitrogen and oxygen atoms in total. The molecule has 0 aliphatic carbocycles. The number of nitrogens with zero attached hydrogens (tertiary/aromatic N) is 4. The van der Waals surface area contributed by atoms with Crippen molar-refractivity contribution < 1.29 is 14.3 Å². The van der Waals surface area contributed by atoms with E-state index in [0.29, 0.717) is 17.1 Å². The molecular formula is C21H22N4O3. The molecule has 0 aliphatic rings. The second kappa shape index (κ2) is 8.47. The van der Waals surface area contributed by atoms with Crippen molar-refractivity contribution in [3.63, 3.8) is 0 Å². The summed E-state index contributed by atoms with van der Waals surface area (Å²) in [6, 6.07) is 14.6. The average Bonchev–Trinajstić information content (AvgIpc) is 3.18. The molecule has 0 atom stereocenters. The molecule has 1 amide bonds. The van der Waals surface area contributed by atoms with Gasteiger partial charge in [0.05, 0.1) is 11.9 Å². The van der Waals surface area contributed by atoms with Gasteiger partial charge in [0.2, 0.25) is 0 Å². The predicted molar refractivity (Wildman–Crippen MR) is 106 cm³/mol. The zero-order valence-electron chi connectivity index (χ0n) is 16.1. The summed E-state index contributed by atoms with van der Waals surface area (Å²) in [5.41, 5.74) is 1.75. The molecule has 3 aromatic rings. The second-order valence-electron chi connectivity index (χ2n) is 6.56. The van der Waals surface area contributed by atoms with Crippen LogP contribution in [0.15, 0.2) is 60.9 Å². The number of amides is 1. The Hall–Kier alpha value is -3.48. The topological polar surface area (TPSA) is 77.3 Å². The van der Waals surface area contributed by atoms with Gasteiger partial charge in [-0.2, -0.15) is 5.10 Å². The molecule has 28 heavy (non-hydrogen) atoms. The number of esters is 1. The van der Waals surface area contributed by atoms with Gasteiger partial charge < -0.3 is 9.64 Å². The number of likely N-dealkylation sites (N-methyl/N-ethyl adjacent to an activating group) is 1. The van der Waals surface area contributed by atoms with Crippen LogP contribution in [0.25, 0.3) is 5.82 Å². The molecule has 7 heteroatoms. The van der Waals surface area contributed by atoms with Gasteiger partial charge in [0, 0.05) is 18.9 Å². The largest absolute Gasteiger partial charge is 0.452 e. The number of hydrogen-bond donors (Lipinski definition) is 0. The van der Waals surface area contributed by atoms with Crippen molar-refractivity contribution in [2.24, 2.45) is 0 Å². The molecule has 0 saturated carbocycles. The van der Waals surface area contributed by atoms with Crippen molar-refractivity contribution in [1.82, 2.24) is 14.8 Å². The van der Waals surface area contributed by atoms with E-state index in [0.717, 1.165) is 5.69 Å². The van der Waals surface area contributed by atoms with Crippen LogP contribution in [-0.2, 0) is 9.53 Å². The Labute approximate surface area is 163 Å². The van der Waals surface area contributed by atoms with E-state index < -0.39 is 5.97 Å². The Kier molecular flexibility index (Phi) is 5.84. The molecule has 0 unspecified atom stereocenters. The minimum Gasteiger partial charge on any atom is -0.452 e. The van der Waals surface area contributed by atoms with E-state index in [4.69, 9.17) is 4.74 Å². The third kappa shape index (κ3) is 4.09. The Balaban J connectivity index is 1.74. The highest BCUT2D eigenvalue weighted by Crippen LogP contribution is 2.23. The highest BCUT2D eigenvalue weighted by atomic mass is 16.5. The summed E-state index contributed by atoms with van der Waals surface area (Å²) in [4.78, 5) is 30.7. The van der Waals surface area contributed by atoms with E-state index in [-0.39, 0.29) is 18.4 Å². The summed E-state index contributed by atoms with van der Waals surface area (Å²) in [6.45, 7) is 3.57. The first kappa shape index (κ1) is 19.3. The van der Waals surface area contributed by atoms with E-state index >= 15 is 0 Å². The molecule has 3 rings (SSSR count). The van der Waals surface area contributed by atoms with Crippen LogP contribution in [0.2, 0.25) is 0 Å². The molecule has 0 saturated heterocycles. The smallest absolute Gasteiger partial charge is 0.342 e. The summed E-state index contributed by atoms with van der Waals surface area (Å²) < 4.78 is 6.89. The van der Waals surface area contributed by atoms with Gasteiger partial charge in [-0.25, -0.2) is 14.5 Å². The van der Waals surface area contributed by atoms with Crippen LogP contribution in [0.1, 0.15) is 35.8 Å². The lowest BCUT2D eigenvalue weighted by atomic mass is 10.1. The molecule has 0 spiro atoms. The highest BCUT2D eigenvalue weighted by molar-refractivity contribution is 5.97. The van der Waals surface area contributed by atoms with Gasteiger partial charge in [-0.05, 0) is 30.2 Å². The van der Waals surface area contributed by atoms with Gasteiger partial charge in [0.15, 0.2) is 12.4 Å². The molecule has 144 valence electrons. The molecule has 0 fully saturated rings. The van der Waals surface area contributed by atoms with Crippen molar-refractivity contribution >= 4 is 17.6 Å². The fraction of sp³-hybridized carbons (Fsp3) is 0.238. The average molecular weight is 378 g/mol. The van der Waals surface area contributed by atoms with E-state index in [1.165, 1.54) is 11.1 Å². The van der Waals surface area contributed by atoms with Gasteiger partial charge in [-0.15, -0.1) is 0 Å². The van der Waals surface area contributed by atoms with Gasteiger partial charge in [-0.3, -0.25) is 4.79 Å². The number of pyridine rings is 1. The fourth-order valence-electron chi connectivity index (χ4n) is 2.83. The summed E-state index contributed by atoms with van der Waals surface area (Å²) in [5, 5.41) is 4.30. The first-order valence-electron chi connectivity index (χ1n) is 8.97. The maximum atomic E-state index is 12.6. The van der Waals surface area contributed by atoms with Crippen LogP contribution in [-0.4, -0.2) is 40.3 Å². The zero-order chi connectivity index (χ0) is 20.1. The van der Waals surface area contributed by atoms with Crippen LogP contribution in [0.4, 0.5) is 5.69 Å². The number of para-hydroxylation sites is 1. The van der Waals surface area contributed by atoms with E-state index in [2.05, 4.69) is 10.1 Å². The van der Waals surface area contributed by atoms with Crippen LogP contribution >= 0.6 is 0 Å². The Bertz CT molecular complexity index is 952. The molecule has 2 heterocycles. The minimum atomic E-state index is -0.583. The zero-order valence-corrected chi connectivity index (χ0v) is 16.1. The Morgan fingerprint density at radius 2 is 1.82 bits per heavy atom. The quantitative estimate of drug-likeness (QED) is 0.616. The van der Waals surface area contributed by atoms with E-state index in [9.17, 15) is 9.59 Å². The molecule has 0 N–H and O–H groups in total. The monoisotopic (exact) mass is 378 g/mol. The Morgan fingerprint density at radius 1 is 1.11 bits per heavy atom. The summed E-state index contributed by atoms with van der Waals surface area (Å²) in [5.74, 6) is -0.275. The first-order chi connectivity index (χ1) is 13.5. The molecule has 1 aromatic carbocycles. The Morgan fingerprint density at radius 3 is 2.46 bits per heavy atom. The van der Waals surface area contributed by atoms with Crippen LogP contribution in [0, 0.1) is 0 Å². The van der Waals surface area contributed by atoms with Crippen LogP contribution in [0.5, 0.6) is 0 Å². The second-order valence-corrected chi connectivity index (χ2v) is 6.56. The van der Waals surface area contributed by atoms with Crippen molar-refractivity contribution in [3.8, 4) is 5.82 Å². The predicted octanol–water partition coefficient (Wildman–Crippen LogP) is 3.21. The van der Waals surface area contributed by atoms with Gasteiger partial charge in [-0.1, -0.05) is 38.1 Å². The van der Waals surface area contributed by atoms with E-state index in [1.54, 1.807) is 17.9 Å². The number of carbonyl (C=O) groups is 2. The van der Waals surface area contributed by atoms with Crippen LogP contribution < -0.4 is 4.90 Å². The summed E-state index contributed by atoms with van der Waals surface area (Å²) in [6.07, 6.45) is 3.12. The molecule has 0 radical (unpaired) electrons. The van der Waals surface area contributed by atoms with Crippen molar-refractivity contribution in [3.05, 3.63) is 72.2 Å². The number of aromatic nitrogens is 3. The number of ether oxygens (including phenoxy) is 1. The van der Waals surface area contributed by atoms with Gasteiger partial charge in [0.1, 0.15) is 5.56 Å². The lowest BCUT2D eigenvalue weighted by Gasteiger charge is -2.17. The number of carbonyl (C=O) groups excluding carboxylic acids is 2. The molecular weight excluding hydrogens is 356 g/mol. The third-order valence-electron chi connectivity index (χ3n) is 4.28. The number of hydrogen-bond acceptors (Lipinski definition) is 5. The molecule has 0 aliphatic heterocycles. The SMILES string of the molecule is CC(C)c1c(C(=O)OCC(=O)N(C)c2ccccc2)cnn1-c1ccccn1. The lowest BCUT2D eigenvalue weighted by Crippen LogP contribution is -2.31. The fourth-order valence-corrected chi connectivity index (χ4v) is 2.83.